The molecule has 1 atom stereocenters. The highest BCUT2D eigenvalue weighted by atomic mass is 16.6. The number of fused-ring (bicyclic) bond motifs is 1. The number of carbonyl (C=O) groups excluding carboxylic acids is 1. The molecule has 0 aliphatic carbocycles. The number of ether oxygens (including phenoxy) is 4. The van der Waals surface area contributed by atoms with Crippen LogP contribution >= 0.6 is 0 Å². The molecule has 1 unspecified atom stereocenters. The predicted octanol–water partition coefficient (Wildman–Crippen LogP) is 3.40. The molecule has 156 valence electrons. The summed E-state index contributed by atoms with van der Waals surface area (Å²) in [6.45, 7) is 6.08. The molecule has 0 bridgehead atoms. The summed E-state index contributed by atoms with van der Waals surface area (Å²) in [7, 11) is 1.61. The Morgan fingerprint density at radius 3 is 2.62 bits per heavy atom. The van der Waals surface area contributed by atoms with Crippen LogP contribution in [-0.4, -0.2) is 44.6 Å². The van der Waals surface area contributed by atoms with E-state index in [0.29, 0.717) is 43.7 Å². The first kappa shape index (κ1) is 20.7. The van der Waals surface area contributed by atoms with E-state index in [0.717, 1.165) is 11.3 Å². The van der Waals surface area contributed by atoms with Crippen LogP contribution in [0.4, 0.5) is 10.5 Å². The zero-order valence-electron chi connectivity index (χ0n) is 16.9. The Balaban J connectivity index is 1.61. The Morgan fingerprint density at radius 1 is 1.14 bits per heavy atom. The first-order valence-electron chi connectivity index (χ1n) is 9.61. The number of aromatic nitrogens is 1. The van der Waals surface area contributed by atoms with Gasteiger partial charge in [0.05, 0.1) is 24.5 Å². The lowest BCUT2D eigenvalue weighted by atomic mass is 9.95. The molecule has 0 spiro atoms. The van der Waals surface area contributed by atoms with Crippen molar-refractivity contribution in [2.24, 2.45) is 5.92 Å². The van der Waals surface area contributed by atoms with Gasteiger partial charge in [0.2, 0.25) is 5.88 Å². The van der Waals surface area contributed by atoms with E-state index in [1.165, 1.54) is 0 Å². The van der Waals surface area contributed by atoms with E-state index in [1.807, 2.05) is 18.2 Å². The third-order valence-electron chi connectivity index (χ3n) is 4.41. The quantitative estimate of drug-likeness (QED) is 0.659. The number of benzene rings is 1. The fraction of sp³-hybridized carbons (Fsp3) is 0.429. The van der Waals surface area contributed by atoms with Crippen LogP contribution in [0, 0.1) is 5.92 Å². The van der Waals surface area contributed by atoms with E-state index in [-0.39, 0.29) is 18.0 Å². The van der Waals surface area contributed by atoms with Gasteiger partial charge in [-0.2, -0.15) is 0 Å². The summed E-state index contributed by atoms with van der Waals surface area (Å²) >= 11 is 0. The average molecular weight is 401 g/mol. The van der Waals surface area contributed by atoms with Crippen molar-refractivity contribution in [3.8, 4) is 17.4 Å². The van der Waals surface area contributed by atoms with Crippen LogP contribution in [-0.2, 0) is 4.74 Å². The molecule has 29 heavy (non-hydrogen) atoms. The predicted molar refractivity (Wildman–Crippen MR) is 109 cm³/mol. The molecule has 2 aromatic rings. The van der Waals surface area contributed by atoms with Crippen molar-refractivity contribution < 1.29 is 23.7 Å². The van der Waals surface area contributed by atoms with Crippen molar-refractivity contribution in [2.45, 2.75) is 19.9 Å². The topological polar surface area (TPSA) is 90.9 Å². The summed E-state index contributed by atoms with van der Waals surface area (Å²) in [5, 5.41) is 5.83. The Labute approximate surface area is 170 Å². The standard InChI is InChI=1S/C21H27N3O5/c1-14(2)20(15-4-6-17-18(12-15)28-11-10-27-17)24-21(25)23-16-5-7-19(22-13-16)29-9-8-26-3/h4-7,12-14,20H,8-11H2,1-3H3,(H2,23,24,25). The Morgan fingerprint density at radius 2 is 1.93 bits per heavy atom. The summed E-state index contributed by atoms with van der Waals surface area (Å²) in [5.74, 6) is 2.09. The third-order valence-corrected chi connectivity index (χ3v) is 4.41. The number of pyridine rings is 1. The molecular weight excluding hydrogens is 374 g/mol. The molecule has 1 aliphatic heterocycles. The number of hydrogen-bond acceptors (Lipinski definition) is 6. The minimum atomic E-state index is -0.312. The van der Waals surface area contributed by atoms with Crippen LogP contribution in [0.1, 0.15) is 25.5 Å². The molecule has 0 fully saturated rings. The molecule has 1 aliphatic rings. The van der Waals surface area contributed by atoms with Gasteiger partial charge in [0, 0.05) is 13.2 Å². The average Bonchev–Trinajstić information content (AvgIpc) is 2.73. The molecule has 8 heteroatoms. The van der Waals surface area contributed by atoms with Crippen LogP contribution in [0.3, 0.4) is 0 Å². The van der Waals surface area contributed by atoms with E-state index in [4.69, 9.17) is 18.9 Å². The maximum Gasteiger partial charge on any atom is 0.319 e. The number of carbonyl (C=O) groups is 1. The highest BCUT2D eigenvalue weighted by Gasteiger charge is 2.21. The molecular formula is C21H27N3O5. The maximum absolute atomic E-state index is 12.5. The van der Waals surface area contributed by atoms with Crippen LogP contribution in [0.2, 0.25) is 0 Å². The van der Waals surface area contributed by atoms with Gasteiger partial charge in [-0.05, 0) is 29.7 Å². The zero-order valence-corrected chi connectivity index (χ0v) is 16.9. The zero-order chi connectivity index (χ0) is 20.6. The SMILES string of the molecule is COCCOc1ccc(NC(=O)NC(c2ccc3c(c2)OCCO3)C(C)C)cn1. The molecule has 0 saturated carbocycles. The van der Waals surface area contributed by atoms with E-state index in [1.54, 1.807) is 25.4 Å². The van der Waals surface area contributed by atoms with Gasteiger partial charge in [0.25, 0.3) is 0 Å². The number of anilines is 1. The number of hydrogen-bond donors (Lipinski definition) is 2. The van der Waals surface area contributed by atoms with Gasteiger partial charge >= 0.3 is 6.03 Å². The number of rotatable bonds is 8. The summed E-state index contributed by atoms with van der Waals surface area (Å²) < 4.78 is 21.6. The Hall–Kier alpha value is -3.00. The monoisotopic (exact) mass is 401 g/mol. The van der Waals surface area contributed by atoms with Crippen LogP contribution < -0.4 is 24.8 Å². The van der Waals surface area contributed by atoms with Crippen molar-refractivity contribution in [1.82, 2.24) is 10.3 Å². The van der Waals surface area contributed by atoms with Crippen LogP contribution in [0.15, 0.2) is 36.5 Å². The smallest absolute Gasteiger partial charge is 0.319 e. The highest BCUT2D eigenvalue weighted by molar-refractivity contribution is 5.89. The Bertz CT molecular complexity index is 810. The van der Waals surface area contributed by atoms with Gasteiger partial charge in [0.1, 0.15) is 19.8 Å². The van der Waals surface area contributed by atoms with Gasteiger partial charge in [-0.25, -0.2) is 9.78 Å². The molecule has 3 rings (SSSR count). The molecule has 8 nitrogen and oxygen atoms in total. The van der Waals surface area contributed by atoms with Gasteiger partial charge in [0.15, 0.2) is 11.5 Å². The molecule has 0 saturated heterocycles. The minimum absolute atomic E-state index is 0.179. The molecule has 2 heterocycles. The number of methoxy groups -OCH3 is 1. The Kier molecular flexibility index (Phi) is 7.13. The fourth-order valence-electron chi connectivity index (χ4n) is 2.97. The van der Waals surface area contributed by atoms with Gasteiger partial charge in [-0.3, -0.25) is 0 Å². The summed E-state index contributed by atoms with van der Waals surface area (Å²) in [4.78, 5) is 16.7. The van der Waals surface area contributed by atoms with Gasteiger partial charge in [-0.15, -0.1) is 0 Å². The highest BCUT2D eigenvalue weighted by Crippen LogP contribution is 2.34. The first-order chi connectivity index (χ1) is 14.1. The molecule has 1 aromatic heterocycles. The number of nitrogens with one attached hydrogen (secondary N) is 2. The fourth-order valence-corrected chi connectivity index (χ4v) is 2.97. The maximum atomic E-state index is 12.5. The van der Waals surface area contributed by atoms with Crippen molar-refractivity contribution in [1.29, 1.82) is 0 Å². The van der Waals surface area contributed by atoms with Crippen molar-refractivity contribution in [3.63, 3.8) is 0 Å². The van der Waals surface area contributed by atoms with E-state index < -0.39 is 0 Å². The largest absolute Gasteiger partial charge is 0.486 e. The van der Waals surface area contributed by atoms with E-state index in [9.17, 15) is 4.79 Å². The van der Waals surface area contributed by atoms with Crippen molar-refractivity contribution >= 4 is 11.7 Å². The summed E-state index contributed by atoms with van der Waals surface area (Å²) in [5.41, 5.74) is 1.53. The van der Waals surface area contributed by atoms with E-state index in [2.05, 4.69) is 29.5 Å². The number of urea groups is 1. The second-order valence-corrected chi connectivity index (χ2v) is 6.95. The molecule has 0 radical (unpaired) electrons. The second kappa shape index (κ2) is 9.97. The number of nitrogens with zero attached hydrogens (tertiary/aromatic N) is 1. The third kappa shape index (κ3) is 5.74. The first-order valence-corrected chi connectivity index (χ1v) is 9.61. The lowest BCUT2D eigenvalue weighted by Gasteiger charge is -2.25. The summed E-state index contributed by atoms with van der Waals surface area (Å²) in [6, 6.07) is 8.70. The van der Waals surface area contributed by atoms with E-state index >= 15 is 0 Å². The summed E-state index contributed by atoms with van der Waals surface area (Å²) in [6.07, 6.45) is 1.55. The second-order valence-electron chi connectivity index (χ2n) is 6.95. The van der Waals surface area contributed by atoms with Crippen molar-refractivity contribution in [2.75, 3.05) is 38.9 Å². The number of amides is 2. The van der Waals surface area contributed by atoms with Gasteiger partial charge in [-0.1, -0.05) is 19.9 Å². The lowest BCUT2D eigenvalue weighted by Crippen LogP contribution is -2.35. The minimum Gasteiger partial charge on any atom is -0.486 e. The molecule has 2 amide bonds. The van der Waals surface area contributed by atoms with Crippen LogP contribution in [0.25, 0.3) is 0 Å². The normalized spacial score (nSPS) is 13.7. The van der Waals surface area contributed by atoms with Crippen molar-refractivity contribution in [3.05, 3.63) is 42.1 Å². The molecule has 1 aromatic carbocycles. The molecule has 2 N–H and O–H groups in total. The van der Waals surface area contributed by atoms with Gasteiger partial charge < -0.3 is 29.6 Å². The lowest BCUT2D eigenvalue weighted by molar-refractivity contribution is 0.144. The van der Waals surface area contributed by atoms with Crippen LogP contribution in [0.5, 0.6) is 17.4 Å².